The minimum Gasteiger partial charge on any atom is -0.744 e. The van der Waals surface area contributed by atoms with Crippen LogP contribution in [0.5, 0.6) is 0 Å². The summed E-state index contributed by atoms with van der Waals surface area (Å²) >= 11 is 0. The van der Waals surface area contributed by atoms with Gasteiger partial charge >= 0.3 is 29.6 Å². The molecule has 24 heavy (non-hydrogen) atoms. The van der Waals surface area contributed by atoms with E-state index in [4.69, 9.17) is 0 Å². The van der Waals surface area contributed by atoms with Gasteiger partial charge in [0.05, 0.1) is 10.6 Å². The molecule has 0 saturated carbocycles. The van der Waals surface area contributed by atoms with Crippen molar-refractivity contribution in [3.63, 3.8) is 0 Å². The fraction of sp³-hybridized carbons (Fsp3) is 0.0625. The molecule has 0 amide bonds. The van der Waals surface area contributed by atoms with E-state index >= 15 is 0 Å². The van der Waals surface area contributed by atoms with Gasteiger partial charge in [0, 0.05) is 5.56 Å². The van der Waals surface area contributed by atoms with Crippen LogP contribution in [0.1, 0.15) is 11.1 Å². The Morgan fingerprint density at radius 2 is 1.75 bits per heavy atom. The van der Waals surface area contributed by atoms with Gasteiger partial charge in [-0.15, -0.1) is 0 Å². The molecule has 0 bridgehead atoms. The van der Waals surface area contributed by atoms with Crippen molar-refractivity contribution in [3.8, 4) is 0 Å². The maximum atomic E-state index is 10.9. The van der Waals surface area contributed by atoms with E-state index in [9.17, 15) is 18.1 Å². The summed E-state index contributed by atoms with van der Waals surface area (Å²) in [5.41, 5.74) is 5.49. The molecular formula is C16H13N2NaO4S. The molecule has 3 rings (SSSR count). The Hall–Kier alpha value is -1.48. The van der Waals surface area contributed by atoms with Crippen LogP contribution in [-0.4, -0.2) is 29.9 Å². The maximum Gasteiger partial charge on any atom is 1.00 e. The van der Waals surface area contributed by atoms with Crippen molar-refractivity contribution in [1.29, 1.82) is 0 Å². The number of rotatable bonds is 3. The van der Waals surface area contributed by atoms with Crippen molar-refractivity contribution in [2.24, 2.45) is 5.10 Å². The molecule has 0 fully saturated rings. The number of aliphatic hydroxyl groups excluding tert-OH is 1. The van der Waals surface area contributed by atoms with Crippen LogP contribution in [0.4, 0.5) is 5.69 Å². The fourth-order valence-corrected chi connectivity index (χ4v) is 2.74. The monoisotopic (exact) mass is 352 g/mol. The van der Waals surface area contributed by atoms with Crippen molar-refractivity contribution in [2.45, 2.75) is 11.0 Å². The first kappa shape index (κ1) is 18.9. The van der Waals surface area contributed by atoms with Crippen molar-refractivity contribution in [2.75, 3.05) is 5.43 Å². The summed E-state index contributed by atoms with van der Waals surface area (Å²) in [6, 6.07) is 12.8. The molecule has 0 saturated heterocycles. The van der Waals surface area contributed by atoms with Gasteiger partial charge in [0.1, 0.15) is 21.9 Å². The van der Waals surface area contributed by atoms with E-state index in [0.717, 1.165) is 11.1 Å². The van der Waals surface area contributed by atoms with Gasteiger partial charge in [-0.05, 0) is 35.9 Å². The van der Waals surface area contributed by atoms with Gasteiger partial charge in [-0.3, -0.25) is 5.43 Å². The summed E-state index contributed by atoms with van der Waals surface area (Å²) in [5.74, 6) is 0. The van der Waals surface area contributed by atoms with Crippen molar-refractivity contribution >= 4 is 27.6 Å². The standard InChI is InChI=1S/C16H14N2O4S.Na/c19-15-10-5-11-3-1-2-4-14(11)16(15)18-17-12-6-8-13(9-7-12)23(20,21)22;/h1-10,15,17,19H,(H,20,21,22);/q;+1/p-1/b18-16-;. The SMILES string of the molecule is O=S(=O)([O-])c1ccc(N/N=C2/c3ccccc3C=CC2O)cc1.[Na+]. The second kappa shape index (κ2) is 7.60. The van der Waals surface area contributed by atoms with Gasteiger partial charge in [-0.1, -0.05) is 30.3 Å². The average Bonchev–Trinajstić information content (AvgIpc) is 2.53. The second-order valence-electron chi connectivity index (χ2n) is 4.98. The third-order valence-electron chi connectivity index (χ3n) is 3.42. The van der Waals surface area contributed by atoms with Crippen LogP contribution < -0.4 is 35.0 Å². The normalized spacial score (nSPS) is 17.9. The number of nitrogens with zero attached hydrogens (tertiary/aromatic N) is 1. The van der Waals surface area contributed by atoms with Crippen LogP contribution in [0.25, 0.3) is 6.08 Å². The zero-order valence-electron chi connectivity index (χ0n) is 12.9. The Morgan fingerprint density at radius 3 is 2.42 bits per heavy atom. The number of aliphatic hydroxyl groups is 1. The van der Waals surface area contributed by atoms with Crippen molar-refractivity contribution in [1.82, 2.24) is 0 Å². The molecule has 1 aliphatic rings. The van der Waals surface area contributed by atoms with E-state index in [1.165, 1.54) is 24.3 Å². The van der Waals surface area contributed by atoms with E-state index < -0.39 is 16.2 Å². The van der Waals surface area contributed by atoms with Gasteiger partial charge in [0.15, 0.2) is 0 Å². The molecule has 2 N–H and O–H groups in total. The molecule has 8 heteroatoms. The molecule has 0 aliphatic heterocycles. The molecule has 0 heterocycles. The number of hydrazone groups is 1. The molecule has 2 aromatic rings. The van der Waals surface area contributed by atoms with Crippen LogP contribution >= 0.6 is 0 Å². The predicted molar refractivity (Wildman–Crippen MR) is 86.0 cm³/mol. The van der Waals surface area contributed by atoms with Gasteiger partial charge < -0.3 is 9.66 Å². The molecule has 118 valence electrons. The summed E-state index contributed by atoms with van der Waals surface area (Å²) in [5, 5.41) is 14.3. The van der Waals surface area contributed by atoms with Crippen molar-refractivity contribution < 1.29 is 47.6 Å². The Balaban J connectivity index is 0.00000208. The molecule has 1 atom stereocenters. The van der Waals surface area contributed by atoms with Crippen LogP contribution in [0.15, 0.2) is 64.6 Å². The Bertz CT molecular complexity index is 893. The Morgan fingerprint density at radius 1 is 1.08 bits per heavy atom. The number of hydrogen-bond donors (Lipinski definition) is 2. The first-order valence-corrected chi connectivity index (χ1v) is 8.21. The fourth-order valence-electron chi connectivity index (χ4n) is 2.27. The van der Waals surface area contributed by atoms with E-state index in [-0.39, 0.29) is 34.5 Å². The molecule has 0 radical (unpaired) electrons. The second-order valence-corrected chi connectivity index (χ2v) is 6.36. The van der Waals surface area contributed by atoms with E-state index in [1.807, 2.05) is 30.3 Å². The van der Waals surface area contributed by atoms with Crippen LogP contribution in [0.2, 0.25) is 0 Å². The predicted octanol–water partition coefficient (Wildman–Crippen LogP) is -1.20. The molecule has 6 nitrogen and oxygen atoms in total. The van der Waals surface area contributed by atoms with Gasteiger partial charge in [0.25, 0.3) is 0 Å². The van der Waals surface area contributed by atoms with Crippen LogP contribution in [0, 0.1) is 0 Å². The van der Waals surface area contributed by atoms with E-state index in [2.05, 4.69) is 10.5 Å². The number of nitrogens with one attached hydrogen (secondary N) is 1. The van der Waals surface area contributed by atoms with E-state index in [0.29, 0.717) is 11.4 Å². The number of fused-ring (bicyclic) bond motifs is 1. The third kappa shape index (κ3) is 4.13. The average molecular weight is 352 g/mol. The molecule has 0 spiro atoms. The minimum atomic E-state index is -4.47. The minimum absolute atomic E-state index is 0. The summed E-state index contributed by atoms with van der Waals surface area (Å²) in [6.07, 6.45) is 2.63. The van der Waals surface area contributed by atoms with Crippen LogP contribution in [0.3, 0.4) is 0 Å². The molecule has 2 aromatic carbocycles. The third-order valence-corrected chi connectivity index (χ3v) is 4.27. The first-order chi connectivity index (χ1) is 10.9. The maximum absolute atomic E-state index is 10.9. The molecule has 0 aromatic heterocycles. The largest absolute Gasteiger partial charge is 1.00 e. The Labute approximate surface area is 162 Å². The summed E-state index contributed by atoms with van der Waals surface area (Å²) < 4.78 is 32.7. The summed E-state index contributed by atoms with van der Waals surface area (Å²) in [6.45, 7) is 0. The zero-order chi connectivity index (χ0) is 16.4. The number of benzene rings is 2. The van der Waals surface area contributed by atoms with Crippen LogP contribution in [-0.2, 0) is 10.1 Å². The quantitative estimate of drug-likeness (QED) is 0.410. The Kier molecular flexibility index (Phi) is 5.97. The zero-order valence-corrected chi connectivity index (χ0v) is 15.7. The van der Waals surface area contributed by atoms with Gasteiger partial charge in [-0.2, -0.15) is 5.10 Å². The molecular weight excluding hydrogens is 339 g/mol. The molecule has 1 aliphatic carbocycles. The topological polar surface area (TPSA) is 102 Å². The molecule has 1 unspecified atom stereocenters. The van der Waals surface area contributed by atoms with Gasteiger partial charge in [-0.25, -0.2) is 8.42 Å². The summed E-state index contributed by atoms with van der Waals surface area (Å²) in [7, 11) is -4.47. The number of anilines is 1. The number of hydrogen-bond acceptors (Lipinski definition) is 6. The first-order valence-electron chi connectivity index (χ1n) is 6.80. The van der Waals surface area contributed by atoms with E-state index in [1.54, 1.807) is 6.08 Å². The smallest absolute Gasteiger partial charge is 0.744 e. The summed E-state index contributed by atoms with van der Waals surface area (Å²) in [4.78, 5) is -0.304. The van der Waals surface area contributed by atoms with Gasteiger partial charge in [0.2, 0.25) is 0 Å². The van der Waals surface area contributed by atoms with Crippen molar-refractivity contribution in [3.05, 3.63) is 65.7 Å².